The van der Waals surface area contributed by atoms with Gasteiger partial charge in [0.05, 0.1) is 17.9 Å². The summed E-state index contributed by atoms with van der Waals surface area (Å²) in [5, 5.41) is 10.6. The van der Waals surface area contributed by atoms with Gasteiger partial charge >= 0.3 is 5.97 Å². The third-order valence-corrected chi connectivity index (χ3v) is 2.21. The fourth-order valence-electron chi connectivity index (χ4n) is 1.48. The number of hydrogen-bond donors (Lipinski definition) is 1. The first-order valence-corrected chi connectivity index (χ1v) is 4.93. The van der Waals surface area contributed by atoms with Gasteiger partial charge in [0.2, 0.25) is 0 Å². The predicted molar refractivity (Wildman–Crippen MR) is 56.7 cm³/mol. The van der Waals surface area contributed by atoms with E-state index >= 15 is 0 Å². The Morgan fingerprint density at radius 1 is 1.62 bits per heavy atom. The molecule has 0 aliphatic carbocycles. The van der Waals surface area contributed by atoms with Gasteiger partial charge < -0.3 is 4.74 Å². The van der Waals surface area contributed by atoms with Crippen LogP contribution in [0.25, 0.3) is 11.3 Å². The molecule has 16 heavy (non-hydrogen) atoms. The number of carbonyl (C=O) groups is 1. The first-order chi connectivity index (χ1) is 7.74. The van der Waals surface area contributed by atoms with Crippen molar-refractivity contribution >= 4 is 5.97 Å². The lowest BCUT2D eigenvalue weighted by atomic mass is 10.2. The second-order valence-electron chi connectivity index (χ2n) is 3.21. The Hall–Kier alpha value is -2.11. The fraction of sp³-hybridized carbons (Fsp3) is 0.300. The minimum atomic E-state index is -0.431. The molecule has 2 rings (SSSR count). The standard InChI is InChI=1S/C10H12N4O2/c1-3-16-10(15)9-7(6-11-13-9)8-4-5-12-14(8)2/h4-6H,3H2,1-2H3,(H,11,13). The number of nitrogens with one attached hydrogen (secondary N) is 1. The van der Waals surface area contributed by atoms with E-state index in [0.717, 1.165) is 5.69 Å². The maximum Gasteiger partial charge on any atom is 0.359 e. The summed E-state index contributed by atoms with van der Waals surface area (Å²) in [5.74, 6) is -0.431. The molecule has 0 radical (unpaired) electrons. The van der Waals surface area contributed by atoms with Crippen molar-refractivity contribution in [3.05, 3.63) is 24.2 Å². The van der Waals surface area contributed by atoms with E-state index in [-0.39, 0.29) is 5.69 Å². The molecule has 2 aromatic rings. The van der Waals surface area contributed by atoms with Gasteiger partial charge in [0.15, 0.2) is 5.69 Å². The third kappa shape index (κ3) is 1.69. The molecule has 6 nitrogen and oxygen atoms in total. The molecule has 2 aromatic heterocycles. The molecule has 6 heteroatoms. The molecule has 1 N–H and O–H groups in total. The van der Waals surface area contributed by atoms with Crippen LogP contribution in [0.1, 0.15) is 17.4 Å². The normalized spacial score (nSPS) is 10.4. The number of carbonyl (C=O) groups excluding carboxylic acids is 1. The fourth-order valence-corrected chi connectivity index (χ4v) is 1.48. The molecule has 0 spiro atoms. The van der Waals surface area contributed by atoms with Crippen LogP contribution in [-0.2, 0) is 11.8 Å². The molecule has 0 fully saturated rings. The largest absolute Gasteiger partial charge is 0.461 e. The van der Waals surface area contributed by atoms with E-state index in [2.05, 4.69) is 15.3 Å². The quantitative estimate of drug-likeness (QED) is 0.783. The monoisotopic (exact) mass is 220 g/mol. The Morgan fingerprint density at radius 3 is 3.06 bits per heavy atom. The van der Waals surface area contributed by atoms with Crippen molar-refractivity contribution in [3.8, 4) is 11.3 Å². The van der Waals surface area contributed by atoms with Crippen molar-refractivity contribution in [1.29, 1.82) is 0 Å². The number of H-pyrrole nitrogens is 1. The number of aromatic nitrogens is 4. The van der Waals surface area contributed by atoms with Crippen LogP contribution < -0.4 is 0 Å². The van der Waals surface area contributed by atoms with Gasteiger partial charge in [-0.3, -0.25) is 9.78 Å². The lowest BCUT2D eigenvalue weighted by Gasteiger charge is -2.02. The van der Waals surface area contributed by atoms with Crippen LogP contribution in [-0.4, -0.2) is 32.6 Å². The van der Waals surface area contributed by atoms with Gasteiger partial charge in [-0.15, -0.1) is 0 Å². The van der Waals surface area contributed by atoms with Gasteiger partial charge in [-0.2, -0.15) is 10.2 Å². The van der Waals surface area contributed by atoms with Crippen LogP contribution >= 0.6 is 0 Å². The molecule has 2 heterocycles. The lowest BCUT2D eigenvalue weighted by molar-refractivity contribution is 0.0520. The van der Waals surface area contributed by atoms with Crippen molar-refractivity contribution < 1.29 is 9.53 Å². The average molecular weight is 220 g/mol. The van der Waals surface area contributed by atoms with Crippen molar-refractivity contribution in [2.45, 2.75) is 6.92 Å². The maximum absolute atomic E-state index is 11.6. The topological polar surface area (TPSA) is 72.8 Å². The Labute approximate surface area is 92.2 Å². The first-order valence-electron chi connectivity index (χ1n) is 4.93. The molecule has 84 valence electrons. The van der Waals surface area contributed by atoms with Crippen molar-refractivity contribution in [1.82, 2.24) is 20.0 Å². The Kier molecular flexibility index (Phi) is 2.72. The molecule has 0 unspecified atom stereocenters. The summed E-state index contributed by atoms with van der Waals surface area (Å²) >= 11 is 0. The van der Waals surface area contributed by atoms with Gasteiger partial charge in [0, 0.05) is 19.4 Å². The van der Waals surface area contributed by atoms with E-state index in [1.54, 1.807) is 31.0 Å². The molecule has 0 saturated heterocycles. The van der Waals surface area contributed by atoms with Crippen LogP contribution in [0.4, 0.5) is 0 Å². The van der Waals surface area contributed by atoms with Crippen molar-refractivity contribution in [2.24, 2.45) is 7.05 Å². The number of rotatable bonds is 3. The highest BCUT2D eigenvalue weighted by Crippen LogP contribution is 2.21. The van der Waals surface area contributed by atoms with E-state index < -0.39 is 5.97 Å². The SMILES string of the molecule is CCOC(=O)c1n[nH]cc1-c1ccnn1C. The smallest absolute Gasteiger partial charge is 0.359 e. The number of hydrogen-bond acceptors (Lipinski definition) is 4. The van der Waals surface area contributed by atoms with Gasteiger partial charge in [-0.1, -0.05) is 0 Å². The summed E-state index contributed by atoms with van der Waals surface area (Å²) in [5.41, 5.74) is 1.79. The molecule has 0 aromatic carbocycles. The number of esters is 1. The Balaban J connectivity index is 2.40. The molecule has 0 atom stereocenters. The maximum atomic E-state index is 11.6. The molecular formula is C10H12N4O2. The highest BCUT2D eigenvalue weighted by atomic mass is 16.5. The summed E-state index contributed by atoms with van der Waals surface area (Å²) < 4.78 is 6.59. The van der Waals surface area contributed by atoms with Crippen LogP contribution in [0.15, 0.2) is 18.5 Å². The van der Waals surface area contributed by atoms with Crippen LogP contribution in [0.2, 0.25) is 0 Å². The molecule has 0 saturated carbocycles. The zero-order valence-corrected chi connectivity index (χ0v) is 9.10. The number of aromatic amines is 1. The van der Waals surface area contributed by atoms with Crippen LogP contribution in [0.5, 0.6) is 0 Å². The highest BCUT2D eigenvalue weighted by Gasteiger charge is 2.18. The molecule has 0 aliphatic heterocycles. The summed E-state index contributed by atoms with van der Waals surface area (Å²) in [6.07, 6.45) is 3.32. The molecular weight excluding hydrogens is 208 g/mol. The summed E-state index contributed by atoms with van der Waals surface area (Å²) in [6.45, 7) is 2.09. The second kappa shape index (κ2) is 4.18. The number of ether oxygens (including phenoxy) is 1. The summed E-state index contributed by atoms with van der Waals surface area (Å²) in [7, 11) is 1.80. The van der Waals surface area contributed by atoms with Gasteiger partial charge in [-0.05, 0) is 13.0 Å². The third-order valence-electron chi connectivity index (χ3n) is 2.21. The lowest BCUT2D eigenvalue weighted by Crippen LogP contribution is -2.07. The van der Waals surface area contributed by atoms with Crippen molar-refractivity contribution in [2.75, 3.05) is 6.61 Å². The summed E-state index contributed by atoms with van der Waals surface area (Å²) in [4.78, 5) is 11.6. The average Bonchev–Trinajstić information content (AvgIpc) is 2.85. The van der Waals surface area contributed by atoms with Gasteiger partial charge in [0.25, 0.3) is 0 Å². The van der Waals surface area contributed by atoms with E-state index in [0.29, 0.717) is 12.2 Å². The zero-order valence-electron chi connectivity index (χ0n) is 9.10. The number of nitrogens with zero attached hydrogens (tertiary/aromatic N) is 3. The second-order valence-corrected chi connectivity index (χ2v) is 3.21. The Morgan fingerprint density at radius 2 is 2.44 bits per heavy atom. The summed E-state index contributed by atoms with van der Waals surface area (Å²) in [6, 6.07) is 1.81. The minimum Gasteiger partial charge on any atom is -0.461 e. The molecule has 0 aliphatic rings. The zero-order chi connectivity index (χ0) is 11.5. The van der Waals surface area contributed by atoms with E-state index in [9.17, 15) is 4.79 Å². The minimum absolute atomic E-state index is 0.283. The van der Waals surface area contributed by atoms with Crippen LogP contribution in [0, 0.1) is 0 Å². The highest BCUT2D eigenvalue weighted by molar-refractivity contribution is 5.94. The van der Waals surface area contributed by atoms with Gasteiger partial charge in [-0.25, -0.2) is 4.79 Å². The molecule has 0 amide bonds. The Bertz CT molecular complexity index is 500. The van der Waals surface area contributed by atoms with Gasteiger partial charge in [0.1, 0.15) is 0 Å². The van der Waals surface area contributed by atoms with E-state index in [1.165, 1.54) is 0 Å². The molecule has 0 bridgehead atoms. The van der Waals surface area contributed by atoms with E-state index in [1.807, 2.05) is 6.07 Å². The van der Waals surface area contributed by atoms with E-state index in [4.69, 9.17) is 4.74 Å². The first kappa shape index (κ1) is 10.4. The predicted octanol–water partition coefficient (Wildman–Crippen LogP) is 0.987. The van der Waals surface area contributed by atoms with Crippen LogP contribution in [0.3, 0.4) is 0 Å². The number of aryl methyl sites for hydroxylation is 1. The van der Waals surface area contributed by atoms with Crippen molar-refractivity contribution in [3.63, 3.8) is 0 Å².